The average Bonchev–Trinajstić information content (AvgIpc) is 1.52. The number of benzene rings is 18. The molecule has 10 heteroatoms. The fraction of sp³-hybridized carbons (Fsp3) is 0.0172. The van der Waals surface area contributed by atoms with Crippen LogP contribution in [0.4, 0.5) is 0 Å². The molecule has 584 valence electrons. The molecule has 0 amide bonds. The Hall–Kier alpha value is -16.8. The predicted molar refractivity (Wildman–Crippen MR) is 505 cm³/mol. The molecule has 0 unspecified atom stereocenters. The molecule has 24 aromatic rings. The Labute approximate surface area is 721 Å². The van der Waals surface area contributed by atoms with Crippen LogP contribution in [0, 0.1) is 0 Å². The highest BCUT2D eigenvalue weighted by atomic mass is 16.3. The van der Waals surface area contributed by atoms with Crippen molar-refractivity contribution in [3.05, 3.63) is 445 Å². The molecule has 0 radical (unpaired) electrons. The minimum absolute atomic E-state index is 0.572. The van der Waals surface area contributed by atoms with Crippen molar-refractivity contribution in [1.29, 1.82) is 0 Å². The van der Waals surface area contributed by atoms with Crippen molar-refractivity contribution in [2.45, 2.75) is 10.8 Å². The number of fused-ring (bicyclic) bond motifs is 36. The van der Waals surface area contributed by atoms with Crippen molar-refractivity contribution in [1.82, 2.24) is 29.9 Å². The van der Waals surface area contributed by atoms with Crippen LogP contribution in [0.25, 0.3) is 223 Å². The minimum Gasteiger partial charge on any atom is -0.456 e. The second-order valence-electron chi connectivity index (χ2n) is 33.2. The SMILES string of the molecule is c1ccc2c(c1)-c1ccccc1C1(c3ccccc3-2)c2ccccc2-c2cc(-c3nc(-c4ccc5oc6ccccc6c5c4)nc(-c4ccc5oc6ccccc6c5c4)n3)ccc21.c1ccc2c(c1)-c1ccccc1C1(c3ccccc3-2)c2ccccc2-c2cc(-c3nc(-c4ccc5oc6ccccc6c5c4)nc(-c4cccc5oc6ccccc6c45)n3)ccc21. The van der Waals surface area contributed by atoms with Gasteiger partial charge in [0.25, 0.3) is 0 Å². The number of para-hydroxylation sites is 4. The first-order valence-corrected chi connectivity index (χ1v) is 42.7. The van der Waals surface area contributed by atoms with Gasteiger partial charge < -0.3 is 17.7 Å². The number of hydrogen-bond acceptors (Lipinski definition) is 10. The van der Waals surface area contributed by atoms with Crippen molar-refractivity contribution < 1.29 is 17.7 Å². The van der Waals surface area contributed by atoms with Crippen molar-refractivity contribution in [3.8, 4) is 135 Å². The van der Waals surface area contributed by atoms with E-state index in [1.54, 1.807) is 0 Å². The van der Waals surface area contributed by atoms with Gasteiger partial charge in [0.1, 0.15) is 44.7 Å². The summed E-state index contributed by atoms with van der Waals surface area (Å²) in [6, 6.07) is 142. The first-order valence-electron chi connectivity index (χ1n) is 42.7. The molecule has 0 bridgehead atoms. The molecule has 4 aliphatic rings. The summed E-state index contributed by atoms with van der Waals surface area (Å²) in [6.45, 7) is 0. The van der Waals surface area contributed by atoms with Gasteiger partial charge in [0, 0.05) is 76.5 Å². The Balaban J connectivity index is 0.000000131. The van der Waals surface area contributed by atoms with Gasteiger partial charge in [0.15, 0.2) is 34.9 Å². The largest absolute Gasteiger partial charge is 0.456 e. The maximum atomic E-state index is 6.36. The molecule has 2 spiro atoms. The highest BCUT2D eigenvalue weighted by Crippen LogP contribution is 2.64. The Morgan fingerprint density at radius 3 is 0.706 bits per heavy atom. The van der Waals surface area contributed by atoms with Crippen LogP contribution in [0.3, 0.4) is 0 Å². The molecule has 28 rings (SSSR count). The molecular weight excluding hydrogens is 1540 g/mol. The van der Waals surface area contributed by atoms with Crippen LogP contribution < -0.4 is 0 Å². The molecule has 10 nitrogen and oxygen atoms in total. The third-order valence-electron chi connectivity index (χ3n) is 26.8. The number of aromatic nitrogens is 6. The maximum Gasteiger partial charge on any atom is 0.164 e. The first kappa shape index (κ1) is 69.9. The van der Waals surface area contributed by atoms with Crippen LogP contribution in [0.1, 0.15) is 44.5 Å². The van der Waals surface area contributed by atoms with Crippen LogP contribution in [0.5, 0.6) is 0 Å². The van der Waals surface area contributed by atoms with Gasteiger partial charge in [-0.3, -0.25) is 0 Å². The Bertz CT molecular complexity index is 8540. The summed E-state index contributed by atoms with van der Waals surface area (Å²) in [7, 11) is 0. The molecule has 0 N–H and O–H groups in total. The van der Waals surface area contributed by atoms with Gasteiger partial charge in [-0.1, -0.05) is 303 Å². The lowest BCUT2D eigenvalue weighted by Gasteiger charge is -2.35. The molecule has 0 atom stereocenters. The lowest BCUT2D eigenvalue weighted by Crippen LogP contribution is -2.29. The minimum atomic E-state index is -0.577. The molecule has 0 saturated carbocycles. The van der Waals surface area contributed by atoms with Crippen molar-refractivity contribution >= 4 is 87.8 Å². The van der Waals surface area contributed by atoms with Crippen LogP contribution in [-0.2, 0) is 10.8 Å². The van der Waals surface area contributed by atoms with Crippen molar-refractivity contribution in [2.24, 2.45) is 0 Å². The number of furan rings is 4. The summed E-state index contributed by atoms with van der Waals surface area (Å²) >= 11 is 0. The lowest BCUT2D eigenvalue weighted by atomic mass is 9.66. The predicted octanol–water partition coefficient (Wildman–Crippen LogP) is 29.4. The molecule has 6 heterocycles. The Kier molecular flexibility index (Phi) is 14.9. The van der Waals surface area contributed by atoms with Gasteiger partial charge in [-0.15, -0.1) is 0 Å². The van der Waals surface area contributed by atoms with E-state index in [0.29, 0.717) is 34.9 Å². The van der Waals surface area contributed by atoms with E-state index >= 15 is 0 Å². The van der Waals surface area contributed by atoms with Crippen molar-refractivity contribution in [2.75, 3.05) is 0 Å². The number of rotatable bonds is 6. The van der Waals surface area contributed by atoms with Crippen LogP contribution >= 0.6 is 0 Å². The summed E-state index contributed by atoms with van der Waals surface area (Å²) in [5.74, 6) is 3.51. The number of hydrogen-bond donors (Lipinski definition) is 0. The molecule has 18 aromatic carbocycles. The van der Waals surface area contributed by atoms with Gasteiger partial charge in [0.05, 0.1) is 10.8 Å². The van der Waals surface area contributed by atoms with E-state index in [1.807, 2.05) is 121 Å². The van der Waals surface area contributed by atoms with Gasteiger partial charge in [-0.05, 0) is 208 Å². The summed E-state index contributed by atoms with van der Waals surface area (Å²) in [6.07, 6.45) is 0. The highest BCUT2D eigenvalue weighted by Gasteiger charge is 2.52. The van der Waals surface area contributed by atoms with Crippen LogP contribution in [0.15, 0.2) is 418 Å². The van der Waals surface area contributed by atoms with Crippen LogP contribution in [-0.4, -0.2) is 29.9 Å². The van der Waals surface area contributed by atoms with Crippen LogP contribution in [0.2, 0.25) is 0 Å². The normalized spacial score (nSPS) is 13.2. The van der Waals surface area contributed by atoms with E-state index in [4.69, 9.17) is 47.6 Å². The van der Waals surface area contributed by atoms with Gasteiger partial charge in [0.2, 0.25) is 0 Å². The highest BCUT2D eigenvalue weighted by molar-refractivity contribution is 6.13. The summed E-state index contributed by atoms with van der Waals surface area (Å²) in [5, 5.41) is 8.20. The molecule has 6 aromatic heterocycles. The van der Waals surface area contributed by atoms with Crippen molar-refractivity contribution in [3.63, 3.8) is 0 Å². The van der Waals surface area contributed by atoms with E-state index in [0.717, 1.165) is 127 Å². The fourth-order valence-corrected chi connectivity index (χ4v) is 21.5. The third kappa shape index (κ3) is 10.1. The molecule has 0 saturated heterocycles. The molecular formula is C116H66N6O4. The zero-order valence-electron chi connectivity index (χ0n) is 67.4. The summed E-state index contributed by atoms with van der Waals surface area (Å²) in [4.78, 5) is 31.8. The zero-order chi connectivity index (χ0) is 82.5. The second kappa shape index (κ2) is 26.8. The molecule has 126 heavy (non-hydrogen) atoms. The first-order chi connectivity index (χ1) is 62.4. The van der Waals surface area contributed by atoms with E-state index in [-0.39, 0.29) is 0 Å². The van der Waals surface area contributed by atoms with E-state index < -0.39 is 10.8 Å². The smallest absolute Gasteiger partial charge is 0.164 e. The maximum absolute atomic E-state index is 6.36. The Morgan fingerprint density at radius 1 is 0.143 bits per heavy atom. The topological polar surface area (TPSA) is 130 Å². The fourth-order valence-electron chi connectivity index (χ4n) is 21.5. The standard InChI is InChI=1S/2C58H33N3O2/c1-2-15-37-36(14-1)38-16-3-8-22-46(38)58(47-23-9-4-17-39(37)47)48-24-10-5-18-40(48)44-32-34(28-30-49(44)58)55-59-56(35-29-31-52-45(33-35)41-19-6-11-25-50(41)62-52)61-57(60-55)43-21-13-27-53-54(43)42-20-7-12-26-51(42)63-53;1-2-14-38-37(13-1)39-15-3-8-20-47(39)58(48-21-9-4-16-40(38)48)49-22-10-5-17-41(49)44-31-34(25-28-50(44)58)55-59-56(35-26-29-53-45(32-35)42-18-6-11-23-51(42)62-53)61-57(60-55)36-27-30-54-46(33-36)43-19-7-12-24-52(43)63-54/h2*1-33H. The quantitative estimate of drug-likeness (QED) is 0.159. The lowest BCUT2D eigenvalue weighted by molar-refractivity contribution is 0.668. The Morgan fingerprint density at radius 2 is 0.365 bits per heavy atom. The van der Waals surface area contributed by atoms with E-state index in [9.17, 15) is 0 Å². The molecule has 4 aliphatic carbocycles. The number of nitrogens with zero attached hydrogens (tertiary/aromatic N) is 6. The summed E-state index contributed by atoms with van der Waals surface area (Å²) < 4.78 is 25.0. The molecule has 0 fully saturated rings. The van der Waals surface area contributed by atoms with Gasteiger partial charge >= 0.3 is 0 Å². The monoisotopic (exact) mass is 1610 g/mol. The zero-order valence-corrected chi connectivity index (χ0v) is 67.4. The molecule has 0 aliphatic heterocycles. The van der Waals surface area contributed by atoms with E-state index in [1.165, 1.54) is 106 Å². The second-order valence-corrected chi connectivity index (χ2v) is 33.2. The van der Waals surface area contributed by atoms with E-state index in [2.05, 4.69) is 279 Å². The third-order valence-corrected chi connectivity index (χ3v) is 26.8. The average molecular weight is 1610 g/mol. The van der Waals surface area contributed by atoms with Gasteiger partial charge in [-0.2, -0.15) is 0 Å². The summed E-state index contributed by atoms with van der Waals surface area (Å²) in [5.41, 5.74) is 35.6. The van der Waals surface area contributed by atoms with Gasteiger partial charge in [-0.25, -0.2) is 29.9 Å².